The highest BCUT2D eigenvalue weighted by Gasteiger charge is 2.31. The molecule has 0 spiro atoms. The van der Waals surface area contributed by atoms with Crippen LogP contribution >= 0.6 is 0 Å². The molecule has 0 N–H and O–H groups in total. The molecule has 140 valence electrons. The molecule has 1 atom stereocenters. The van der Waals surface area contributed by atoms with Crippen LogP contribution in [0.2, 0.25) is 0 Å². The summed E-state index contributed by atoms with van der Waals surface area (Å²) < 4.78 is 27.3. The van der Waals surface area contributed by atoms with E-state index in [9.17, 15) is 22.8 Å². The van der Waals surface area contributed by atoms with Gasteiger partial charge in [0.2, 0.25) is 5.91 Å². The smallest absolute Gasteiger partial charge is 0.314 e. The van der Waals surface area contributed by atoms with Gasteiger partial charge in [-0.15, -0.1) is 0 Å². The van der Waals surface area contributed by atoms with Gasteiger partial charge in [0.15, 0.2) is 9.84 Å². The molecule has 8 nitrogen and oxygen atoms in total. The SMILES string of the molecule is C[C@H](C(=O)N(C)c1ccccc1)S(=O)(=O)Cc1cc(=O)n(C)c(=O)n1C. The average Bonchev–Trinajstić information content (AvgIpc) is 2.63. The zero-order valence-electron chi connectivity index (χ0n) is 15.0. The molecule has 0 unspecified atom stereocenters. The van der Waals surface area contributed by atoms with Gasteiger partial charge in [-0.1, -0.05) is 18.2 Å². The lowest BCUT2D eigenvalue weighted by molar-refractivity contribution is -0.117. The van der Waals surface area contributed by atoms with E-state index in [-0.39, 0.29) is 5.69 Å². The molecule has 1 heterocycles. The van der Waals surface area contributed by atoms with Crippen LogP contribution in [0.25, 0.3) is 0 Å². The van der Waals surface area contributed by atoms with E-state index in [2.05, 4.69) is 0 Å². The van der Waals surface area contributed by atoms with E-state index in [1.807, 2.05) is 0 Å². The average molecular weight is 379 g/mol. The first-order valence-electron chi connectivity index (χ1n) is 7.86. The fourth-order valence-corrected chi connectivity index (χ4v) is 3.86. The van der Waals surface area contributed by atoms with Crippen LogP contribution in [0.15, 0.2) is 46.0 Å². The number of hydrogen-bond donors (Lipinski definition) is 0. The molecule has 0 bridgehead atoms. The van der Waals surface area contributed by atoms with Gasteiger partial charge in [0.1, 0.15) is 5.25 Å². The summed E-state index contributed by atoms with van der Waals surface area (Å²) in [6.45, 7) is 1.30. The van der Waals surface area contributed by atoms with Crippen molar-refractivity contribution in [2.24, 2.45) is 14.1 Å². The van der Waals surface area contributed by atoms with Crippen molar-refractivity contribution < 1.29 is 13.2 Å². The molecule has 2 rings (SSSR count). The monoisotopic (exact) mass is 379 g/mol. The minimum absolute atomic E-state index is 0.0418. The Bertz CT molecular complexity index is 1040. The Morgan fingerprint density at radius 1 is 1.12 bits per heavy atom. The third kappa shape index (κ3) is 3.77. The van der Waals surface area contributed by atoms with Gasteiger partial charge in [-0.2, -0.15) is 0 Å². The highest BCUT2D eigenvalue weighted by molar-refractivity contribution is 7.92. The molecule has 0 saturated carbocycles. The number of carbonyl (C=O) groups is 1. The molecular formula is C17H21N3O5S. The molecule has 0 saturated heterocycles. The van der Waals surface area contributed by atoms with E-state index in [0.717, 1.165) is 15.2 Å². The number of para-hydroxylation sites is 1. The summed E-state index contributed by atoms with van der Waals surface area (Å²) >= 11 is 0. The molecule has 1 aromatic heterocycles. The number of sulfone groups is 1. The van der Waals surface area contributed by atoms with Crippen LogP contribution in [0.5, 0.6) is 0 Å². The minimum Gasteiger partial charge on any atom is -0.314 e. The van der Waals surface area contributed by atoms with Crippen LogP contribution in [0.4, 0.5) is 5.69 Å². The number of rotatable bonds is 5. The van der Waals surface area contributed by atoms with Crippen LogP contribution in [0, 0.1) is 0 Å². The fraction of sp³-hybridized carbons (Fsp3) is 0.353. The second-order valence-electron chi connectivity index (χ2n) is 6.06. The van der Waals surface area contributed by atoms with E-state index in [0.29, 0.717) is 5.69 Å². The van der Waals surface area contributed by atoms with Gasteiger partial charge >= 0.3 is 5.69 Å². The maximum Gasteiger partial charge on any atom is 0.330 e. The molecule has 1 aromatic carbocycles. The van der Waals surface area contributed by atoms with Crippen molar-refractivity contribution in [2.75, 3.05) is 11.9 Å². The van der Waals surface area contributed by atoms with Gasteiger partial charge < -0.3 is 4.90 Å². The predicted octanol–water partition coefficient (Wildman–Crippen LogP) is 0.0503. The number of anilines is 1. The molecule has 0 aliphatic carbocycles. The van der Waals surface area contributed by atoms with Crippen molar-refractivity contribution in [3.05, 3.63) is 62.9 Å². The lowest BCUT2D eigenvalue weighted by Gasteiger charge is -2.22. The van der Waals surface area contributed by atoms with Crippen LogP contribution in [0.1, 0.15) is 12.6 Å². The number of benzene rings is 1. The van der Waals surface area contributed by atoms with Crippen molar-refractivity contribution in [1.29, 1.82) is 0 Å². The Morgan fingerprint density at radius 2 is 1.69 bits per heavy atom. The van der Waals surface area contributed by atoms with Gasteiger partial charge in [0, 0.05) is 38.6 Å². The number of nitrogens with zero attached hydrogens (tertiary/aromatic N) is 3. The summed E-state index contributed by atoms with van der Waals surface area (Å²) in [7, 11) is 0.258. The van der Waals surface area contributed by atoms with E-state index in [1.165, 1.54) is 33.0 Å². The topological polar surface area (TPSA) is 98.5 Å². The summed E-state index contributed by atoms with van der Waals surface area (Å²) in [5.41, 5.74) is -0.609. The molecule has 26 heavy (non-hydrogen) atoms. The first-order chi connectivity index (χ1) is 12.1. The van der Waals surface area contributed by atoms with Crippen LogP contribution in [-0.4, -0.2) is 35.8 Å². The van der Waals surface area contributed by atoms with Crippen molar-refractivity contribution in [3.8, 4) is 0 Å². The quantitative estimate of drug-likeness (QED) is 0.731. The second kappa shape index (κ2) is 7.28. The number of amides is 1. The maximum atomic E-state index is 12.7. The molecular weight excluding hydrogens is 358 g/mol. The summed E-state index contributed by atoms with van der Waals surface area (Å²) in [5, 5.41) is -1.33. The summed E-state index contributed by atoms with van der Waals surface area (Å²) in [6, 6.07) is 9.76. The molecule has 9 heteroatoms. The molecule has 0 aliphatic heterocycles. The van der Waals surface area contributed by atoms with Crippen molar-refractivity contribution in [2.45, 2.75) is 17.9 Å². The first kappa shape index (κ1) is 19.6. The van der Waals surface area contributed by atoms with Gasteiger partial charge in [-0.05, 0) is 19.1 Å². The zero-order valence-corrected chi connectivity index (χ0v) is 15.9. The summed E-state index contributed by atoms with van der Waals surface area (Å²) in [4.78, 5) is 37.6. The second-order valence-corrected chi connectivity index (χ2v) is 8.38. The largest absolute Gasteiger partial charge is 0.330 e. The molecule has 0 aliphatic rings. The van der Waals surface area contributed by atoms with Gasteiger partial charge in [0.25, 0.3) is 5.56 Å². The molecule has 0 fully saturated rings. The fourth-order valence-electron chi connectivity index (χ4n) is 2.45. The Kier molecular flexibility index (Phi) is 5.50. The van der Waals surface area contributed by atoms with E-state index < -0.39 is 38.0 Å². The van der Waals surface area contributed by atoms with Crippen LogP contribution < -0.4 is 16.1 Å². The van der Waals surface area contributed by atoms with Crippen molar-refractivity contribution in [1.82, 2.24) is 9.13 Å². The molecule has 2 aromatic rings. The highest BCUT2D eigenvalue weighted by Crippen LogP contribution is 2.17. The summed E-state index contributed by atoms with van der Waals surface area (Å²) in [5.74, 6) is -1.17. The first-order valence-corrected chi connectivity index (χ1v) is 9.58. The van der Waals surface area contributed by atoms with Gasteiger partial charge in [-0.3, -0.25) is 18.7 Å². The highest BCUT2D eigenvalue weighted by atomic mass is 32.2. The predicted molar refractivity (Wildman–Crippen MR) is 98.9 cm³/mol. The Hall–Kier alpha value is -2.68. The Balaban J connectivity index is 2.32. The third-order valence-corrected chi connectivity index (χ3v) is 6.31. The van der Waals surface area contributed by atoms with E-state index in [4.69, 9.17) is 0 Å². The standard InChI is InChI=1S/C17H21N3O5S/c1-12(16(22)18(2)13-8-6-5-7-9-13)26(24,25)11-14-10-15(21)20(4)17(23)19(14)3/h5-10,12H,11H2,1-4H3/t12-/m1/s1. The third-order valence-electron chi connectivity index (χ3n) is 4.33. The molecule has 0 radical (unpaired) electrons. The summed E-state index contributed by atoms with van der Waals surface area (Å²) in [6.07, 6.45) is 0. The van der Waals surface area contributed by atoms with E-state index in [1.54, 1.807) is 30.3 Å². The van der Waals surface area contributed by atoms with Gasteiger partial charge in [0.05, 0.1) is 5.75 Å². The lowest BCUT2D eigenvalue weighted by atomic mass is 10.3. The minimum atomic E-state index is -3.93. The Labute approximate surface area is 151 Å². The van der Waals surface area contributed by atoms with Crippen LogP contribution in [-0.2, 0) is 34.5 Å². The van der Waals surface area contributed by atoms with Gasteiger partial charge in [-0.25, -0.2) is 13.2 Å². The normalized spacial score (nSPS) is 12.6. The number of carbonyl (C=O) groups excluding carboxylic acids is 1. The van der Waals surface area contributed by atoms with Crippen molar-refractivity contribution in [3.63, 3.8) is 0 Å². The van der Waals surface area contributed by atoms with Crippen molar-refractivity contribution >= 4 is 21.4 Å². The lowest BCUT2D eigenvalue weighted by Crippen LogP contribution is -2.42. The number of aromatic nitrogens is 2. The number of hydrogen-bond acceptors (Lipinski definition) is 5. The Morgan fingerprint density at radius 3 is 2.27 bits per heavy atom. The molecule has 1 amide bonds. The van der Waals surface area contributed by atoms with Crippen LogP contribution in [0.3, 0.4) is 0 Å². The zero-order chi connectivity index (χ0) is 19.6. The van der Waals surface area contributed by atoms with E-state index >= 15 is 0 Å². The maximum absolute atomic E-state index is 12.7.